The van der Waals surface area contributed by atoms with Gasteiger partial charge in [0.1, 0.15) is 5.82 Å². The van der Waals surface area contributed by atoms with Gasteiger partial charge in [0.25, 0.3) is 0 Å². The van der Waals surface area contributed by atoms with Crippen LogP contribution in [0.4, 0.5) is 4.39 Å². The van der Waals surface area contributed by atoms with Gasteiger partial charge in [0, 0.05) is 12.6 Å². The van der Waals surface area contributed by atoms with Gasteiger partial charge in [0.2, 0.25) is 0 Å². The van der Waals surface area contributed by atoms with Crippen molar-refractivity contribution in [1.29, 1.82) is 0 Å². The molecule has 0 fully saturated rings. The average Bonchev–Trinajstić information content (AvgIpc) is 2.15. The predicted molar refractivity (Wildman–Crippen MR) is 54.5 cm³/mol. The lowest BCUT2D eigenvalue weighted by molar-refractivity contribution is 0.187. The Labute approximate surface area is 83.8 Å². The Morgan fingerprint density at radius 2 is 1.86 bits per heavy atom. The highest BCUT2D eigenvalue weighted by Gasteiger charge is 2.05. The highest BCUT2D eigenvalue weighted by molar-refractivity contribution is 5.19. The van der Waals surface area contributed by atoms with Crippen LogP contribution in [0, 0.1) is 5.82 Å². The van der Waals surface area contributed by atoms with E-state index in [1.165, 1.54) is 12.1 Å². The first-order chi connectivity index (χ1) is 6.59. The van der Waals surface area contributed by atoms with Crippen LogP contribution in [0.5, 0.6) is 0 Å². The Bertz CT molecular complexity index is 271. The zero-order chi connectivity index (χ0) is 10.6. The van der Waals surface area contributed by atoms with E-state index >= 15 is 0 Å². The molecule has 14 heavy (non-hydrogen) atoms. The minimum absolute atomic E-state index is 0.130. The van der Waals surface area contributed by atoms with E-state index in [1.807, 2.05) is 6.92 Å². The van der Waals surface area contributed by atoms with Crippen LogP contribution in [0.15, 0.2) is 24.3 Å². The van der Waals surface area contributed by atoms with E-state index < -0.39 is 0 Å². The van der Waals surface area contributed by atoms with Gasteiger partial charge in [-0.1, -0.05) is 12.1 Å². The van der Waals surface area contributed by atoms with Crippen molar-refractivity contribution in [3.05, 3.63) is 35.6 Å². The molecule has 3 heteroatoms. The molecule has 0 heterocycles. The molecule has 0 spiro atoms. The summed E-state index contributed by atoms with van der Waals surface area (Å²) < 4.78 is 12.6. The van der Waals surface area contributed by atoms with Crippen molar-refractivity contribution in [3.63, 3.8) is 0 Å². The maximum absolute atomic E-state index is 12.6. The second-order valence-electron chi connectivity index (χ2n) is 3.53. The molecule has 0 aliphatic carbocycles. The summed E-state index contributed by atoms with van der Waals surface area (Å²) in [6.45, 7) is 4.25. The fourth-order valence-corrected chi connectivity index (χ4v) is 1.22. The highest BCUT2D eigenvalue weighted by Crippen LogP contribution is 2.12. The quantitative estimate of drug-likeness (QED) is 0.772. The summed E-state index contributed by atoms with van der Waals surface area (Å²) in [6.07, 6.45) is -0.363. The molecule has 0 aliphatic heterocycles. The van der Waals surface area contributed by atoms with Gasteiger partial charge in [-0.05, 0) is 31.5 Å². The van der Waals surface area contributed by atoms with Crippen molar-refractivity contribution in [2.75, 3.05) is 6.54 Å². The van der Waals surface area contributed by atoms with Crippen LogP contribution < -0.4 is 5.32 Å². The molecule has 0 aliphatic rings. The summed E-state index contributed by atoms with van der Waals surface area (Å²) in [6, 6.07) is 6.50. The molecular formula is C11H16FNO. The van der Waals surface area contributed by atoms with Crippen LogP contribution >= 0.6 is 0 Å². The molecule has 0 radical (unpaired) electrons. The second-order valence-corrected chi connectivity index (χ2v) is 3.53. The average molecular weight is 197 g/mol. The van der Waals surface area contributed by atoms with Crippen LogP contribution in [-0.2, 0) is 0 Å². The number of aliphatic hydroxyl groups excluding tert-OH is 1. The molecule has 0 bridgehead atoms. The molecule has 78 valence electrons. The van der Waals surface area contributed by atoms with Gasteiger partial charge in [-0.15, -0.1) is 0 Å². The fraction of sp³-hybridized carbons (Fsp3) is 0.455. The lowest BCUT2D eigenvalue weighted by atomic mass is 10.1. The Morgan fingerprint density at radius 1 is 1.29 bits per heavy atom. The van der Waals surface area contributed by atoms with E-state index in [2.05, 4.69) is 5.32 Å². The number of hydrogen-bond acceptors (Lipinski definition) is 2. The fourth-order valence-electron chi connectivity index (χ4n) is 1.22. The van der Waals surface area contributed by atoms with Gasteiger partial charge in [-0.25, -0.2) is 4.39 Å². The molecule has 2 N–H and O–H groups in total. The third-order valence-corrected chi connectivity index (χ3v) is 2.09. The monoisotopic (exact) mass is 197 g/mol. The van der Waals surface area contributed by atoms with Crippen LogP contribution in [0.2, 0.25) is 0 Å². The summed E-state index contributed by atoms with van der Waals surface area (Å²) in [5.74, 6) is -0.225. The number of hydrogen-bond donors (Lipinski definition) is 2. The highest BCUT2D eigenvalue weighted by atomic mass is 19.1. The second kappa shape index (κ2) is 5.08. The molecule has 0 saturated heterocycles. The third kappa shape index (κ3) is 3.44. The number of halogens is 1. The predicted octanol–water partition coefficient (Wildman–Crippen LogP) is 1.86. The maximum atomic E-state index is 12.6. The van der Waals surface area contributed by atoms with E-state index in [0.29, 0.717) is 6.54 Å². The van der Waals surface area contributed by atoms with Crippen molar-refractivity contribution in [2.24, 2.45) is 0 Å². The SMILES string of the molecule is CC(O)CNC(C)c1ccc(F)cc1. The lowest BCUT2D eigenvalue weighted by Crippen LogP contribution is -2.27. The van der Waals surface area contributed by atoms with Gasteiger partial charge < -0.3 is 10.4 Å². The molecule has 0 saturated carbocycles. The molecule has 2 atom stereocenters. The normalized spacial score (nSPS) is 15.1. The van der Waals surface area contributed by atoms with Gasteiger partial charge in [-0.2, -0.15) is 0 Å². The topological polar surface area (TPSA) is 32.3 Å². The van der Waals surface area contributed by atoms with Crippen LogP contribution in [0.3, 0.4) is 0 Å². The molecule has 0 aromatic heterocycles. The molecule has 1 aromatic carbocycles. The minimum atomic E-state index is -0.363. The summed E-state index contributed by atoms with van der Waals surface area (Å²) >= 11 is 0. The number of rotatable bonds is 4. The summed E-state index contributed by atoms with van der Waals surface area (Å²) in [7, 11) is 0. The van der Waals surface area contributed by atoms with E-state index in [-0.39, 0.29) is 18.0 Å². The van der Waals surface area contributed by atoms with Crippen molar-refractivity contribution in [2.45, 2.75) is 26.0 Å². The van der Waals surface area contributed by atoms with E-state index in [1.54, 1.807) is 19.1 Å². The Hall–Kier alpha value is -0.930. The van der Waals surface area contributed by atoms with Gasteiger partial charge in [-0.3, -0.25) is 0 Å². The van der Waals surface area contributed by atoms with Crippen LogP contribution in [-0.4, -0.2) is 17.8 Å². The first-order valence-corrected chi connectivity index (χ1v) is 4.76. The lowest BCUT2D eigenvalue weighted by Gasteiger charge is -2.15. The Balaban J connectivity index is 2.52. The standard InChI is InChI=1S/C11H16FNO/c1-8(14)7-13-9(2)10-3-5-11(12)6-4-10/h3-6,8-9,13-14H,7H2,1-2H3. The number of benzene rings is 1. The van der Waals surface area contributed by atoms with Gasteiger partial charge >= 0.3 is 0 Å². The largest absolute Gasteiger partial charge is 0.392 e. The maximum Gasteiger partial charge on any atom is 0.123 e. The zero-order valence-electron chi connectivity index (χ0n) is 8.50. The van der Waals surface area contributed by atoms with Gasteiger partial charge in [0.15, 0.2) is 0 Å². The minimum Gasteiger partial charge on any atom is -0.392 e. The van der Waals surface area contributed by atoms with Crippen molar-refractivity contribution in [3.8, 4) is 0 Å². The molecule has 2 nitrogen and oxygen atoms in total. The molecule has 2 unspecified atom stereocenters. The van der Waals surface area contributed by atoms with Crippen LogP contribution in [0.1, 0.15) is 25.5 Å². The Kier molecular flexibility index (Phi) is 4.04. The number of aliphatic hydroxyl groups is 1. The Morgan fingerprint density at radius 3 is 2.36 bits per heavy atom. The van der Waals surface area contributed by atoms with Crippen LogP contribution in [0.25, 0.3) is 0 Å². The molecular weight excluding hydrogens is 181 g/mol. The molecule has 0 amide bonds. The van der Waals surface area contributed by atoms with E-state index in [9.17, 15) is 4.39 Å². The molecule has 1 rings (SSSR count). The first-order valence-electron chi connectivity index (χ1n) is 4.76. The summed E-state index contributed by atoms with van der Waals surface area (Å²) in [5, 5.41) is 12.2. The summed E-state index contributed by atoms with van der Waals surface area (Å²) in [4.78, 5) is 0. The van der Waals surface area contributed by atoms with Crippen molar-refractivity contribution in [1.82, 2.24) is 5.32 Å². The van der Waals surface area contributed by atoms with E-state index in [4.69, 9.17) is 5.11 Å². The first kappa shape index (κ1) is 11.1. The molecule has 1 aromatic rings. The smallest absolute Gasteiger partial charge is 0.123 e. The van der Waals surface area contributed by atoms with Crippen molar-refractivity contribution < 1.29 is 9.50 Å². The zero-order valence-corrected chi connectivity index (χ0v) is 8.50. The van der Waals surface area contributed by atoms with Gasteiger partial charge in [0.05, 0.1) is 6.10 Å². The van der Waals surface area contributed by atoms with E-state index in [0.717, 1.165) is 5.56 Å². The van der Waals surface area contributed by atoms with Crippen molar-refractivity contribution >= 4 is 0 Å². The number of nitrogens with one attached hydrogen (secondary N) is 1. The summed E-state index contributed by atoms with van der Waals surface area (Å²) in [5.41, 5.74) is 1.02. The third-order valence-electron chi connectivity index (χ3n) is 2.09.